The van der Waals surface area contributed by atoms with Gasteiger partial charge in [0.2, 0.25) is 0 Å². The van der Waals surface area contributed by atoms with Crippen molar-refractivity contribution in [1.82, 2.24) is 9.55 Å². The normalized spacial score (nSPS) is 16.5. The van der Waals surface area contributed by atoms with Crippen LogP contribution in [0.2, 0.25) is 0 Å². The molecule has 3 heterocycles. The Bertz CT molecular complexity index is 1300. The first-order valence-corrected chi connectivity index (χ1v) is 12.8. The van der Waals surface area contributed by atoms with E-state index in [1.54, 1.807) is 11.8 Å². The van der Waals surface area contributed by atoms with Crippen LogP contribution >= 0.6 is 23.1 Å². The minimum atomic E-state index is 0.00273. The summed E-state index contributed by atoms with van der Waals surface area (Å²) in [5.41, 5.74) is 4.98. The van der Waals surface area contributed by atoms with Crippen LogP contribution in [0.5, 0.6) is 0 Å². The maximum absolute atomic E-state index is 13.8. The molecule has 0 unspecified atom stereocenters. The summed E-state index contributed by atoms with van der Waals surface area (Å²) < 4.78 is 8.44. The second-order valence-electron chi connectivity index (χ2n) is 8.32. The van der Waals surface area contributed by atoms with E-state index in [0.29, 0.717) is 4.70 Å². The first kappa shape index (κ1) is 21.4. The molecule has 2 aromatic heterocycles. The van der Waals surface area contributed by atoms with Gasteiger partial charge in [0.25, 0.3) is 5.56 Å². The quantitative estimate of drug-likeness (QED) is 0.255. The van der Waals surface area contributed by atoms with Crippen molar-refractivity contribution in [1.29, 1.82) is 0 Å². The minimum absolute atomic E-state index is 0.00273. The summed E-state index contributed by atoms with van der Waals surface area (Å²) in [5.74, 6) is 0.804. The fraction of sp³-hybridized carbons (Fsp3) is 0.308. The molecule has 1 aliphatic heterocycles. The third-order valence-electron chi connectivity index (χ3n) is 5.85. The highest BCUT2D eigenvalue weighted by atomic mass is 32.2. The number of fused-ring (bicyclic) bond motifs is 1. The second-order valence-corrected chi connectivity index (χ2v) is 10.4. The second kappa shape index (κ2) is 9.22. The van der Waals surface area contributed by atoms with E-state index in [9.17, 15) is 4.79 Å². The molecule has 6 heteroatoms. The van der Waals surface area contributed by atoms with Crippen molar-refractivity contribution in [2.24, 2.45) is 0 Å². The largest absolute Gasteiger partial charge is 0.377 e. The maximum Gasteiger partial charge on any atom is 0.276 e. The van der Waals surface area contributed by atoms with Crippen LogP contribution in [0.1, 0.15) is 30.4 Å². The molecule has 4 nitrogen and oxygen atoms in total. The van der Waals surface area contributed by atoms with Crippen molar-refractivity contribution in [3.63, 3.8) is 0 Å². The molecule has 0 saturated carbocycles. The lowest BCUT2D eigenvalue weighted by Gasteiger charge is -2.22. The van der Waals surface area contributed by atoms with Gasteiger partial charge in [0.15, 0.2) is 5.16 Å². The highest BCUT2D eigenvalue weighted by Gasteiger charge is 2.20. The monoisotopic (exact) mass is 462 g/mol. The zero-order valence-electron chi connectivity index (χ0n) is 18.3. The molecule has 0 bridgehead atoms. The fourth-order valence-electron chi connectivity index (χ4n) is 4.08. The number of benzene rings is 2. The first-order chi connectivity index (χ1) is 15.6. The Morgan fingerprint density at radius 3 is 2.75 bits per heavy atom. The number of rotatable bonds is 5. The number of aryl methyl sites for hydroxylation is 2. The fourth-order valence-corrected chi connectivity index (χ4v) is 6.18. The van der Waals surface area contributed by atoms with E-state index in [4.69, 9.17) is 9.72 Å². The van der Waals surface area contributed by atoms with Crippen LogP contribution < -0.4 is 5.56 Å². The van der Waals surface area contributed by atoms with Crippen LogP contribution in [-0.2, 0) is 4.74 Å². The summed E-state index contributed by atoms with van der Waals surface area (Å²) in [4.78, 5) is 19.9. The molecule has 0 amide bonds. The summed E-state index contributed by atoms with van der Waals surface area (Å²) >= 11 is 3.15. The molecule has 1 aliphatic rings. The van der Waals surface area contributed by atoms with Crippen molar-refractivity contribution >= 4 is 33.3 Å². The SMILES string of the molecule is Cc1ccc(C)c(-n2c(SC[C@H]3CCCCO3)nc3cc(-c4ccccc4)sc3c2=O)c1. The molecule has 0 radical (unpaired) electrons. The third-order valence-corrected chi connectivity index (χ3v) is 8.09. The lowest BCUT2D eigenvalue weighted by atomic mass is 10.1. The number of thiophene rings is 1. The Balaban J connectivity index is 1.64. The minimum Gasteiger partial charge on any atom is -0.377 e. The summed E-state index contributed by atoms with van der Waals surface area (Å²) in [6.07, 6.45) is 3.62. The van der Waals surface area contributed by atoms with E-state index >= 15 is 0 Å². The summed E-state index contributed by atoms with van der Waals surface area (Å²) in [5, 5.41) is 0.739. The van der Waals surface area contributed by atoms with Gasteiger partial charge in [-0.2, -0.15) is 0 Å². The van der Waals surface area contributed by atoms with Crippen molar-refractivity contribution < 1.29 is 4.74 Å². The Labute approximate surface area is 196 Å². The third kappa shape index (κ3) is 4.27. The standard InChI is InChI=1S/C26H26N2O2S2/c1-17-11-12-18(2)22(14-17)28-25(29)24-21(15-23(32-24)19-8-4-3-5-9-19)27-26(28)31-16-20-10-6-7-13-30-20/h3-5,8-9,11-12,14-15,20H,6-7,10,13,16H2,1-2H3/t20-/m1/s1. The average molecular weight is 463 g/mol. The van der Waals surface area contributed by atoms with E-state index < -0.39 is 0 Å². The Hall–Kier alpha value is -2.41. The van der Waals surface area contributed by atoms with Gasteiger partial charge in [-0.05, 0) is 61.9 Å². The smallest absolute Gasteiger partial charge is 0.276 e. The van der Waals surface area contributed by atoms with Crippen molar-refractivity contribution in [2.45, 2.75) is 44.4 Å². The average Bonchev–Trinajstić information content (AvgIpc) is 3.26. The van der Waals surface area contributed by atoms with Crippen LogP contribution in [0, 0.1) is 13.8 Å². The van der Waals surface area contributed by atoms with Gasteiger partial charge in [0.1, 0.15) is 4.70 Å². The molecule has 0 N–H and O–H groups in total. The number of hydrogen-bond donors (Lipinski definition) is 0. The van der Waals surface area contributed by atoms with E-state index in [0.717, 1.165) is 63.1 Å². The Morgan fingerprint density at radius 1 is 1.12 bits per heavy atom. The van der Waals surface area contributed by atoms with Gasteiger partial charge in [-0.25, -0.2) is 4.98 Å². The van der Waals surface area contributed by atoms with E-state index in [1.165, 1.54) is 17.8 Å². The Kier molecular flexibility index (Phi) is 6.17. The molecule has 32 heavy (non-hydrogen) atoms. The van der Waals surface area contributed by atoms with Crippen LogP contribution in [0.25, 0.3) is 26.3 Å². The van der Waals surface area contributed by atoms with Gasteiger partial charge in [-0.15, -0.1) is 11.3 Å². The van der Waals surface area contributed by atoms with Crippen LogP contribution in [0.4, 0.5) is 0 Å². The van der Waals surface area contributed by atoms with Crippen LogP contribution in [0.15, 0.2) is 64.5 Å². The van der Waals surface area contributed by atoms with Crippen LogP contribution in [0.3, 0.4) is 0 Å². The van der Waals surface area contributed by atoms with E-state index in [2.05, 4.69) is 37.3 Å². The molecular formula is C26H26N2O2S2. The molecule has 5 rings (SSSR count). The van der Waals surface area contributed by atoms with E-state index in [-0.39, 0.29) is 11.7 Å². The van der Waals surface area contributed by atoms with Crippen molar-refractivity contribution in [3.05, 3.63) is 76.1 Å². The number of aromatic nitrogens is 2. The van der Waals surface area contributed by atoms with Gasteiger partial charge in [0.05, 0.1) is 17.3 Å². The van der Waals surface area contributed by atoms with E-state index in [1.807, 2.05) is 35.8 Å². The van der Waals surface area contributed by atoms with Gasteiger partial charge in [0, 0.05) is 17.2 Å². The van der Waals surface area contributed by atoms with Gasteiger partial charge >= 0.3 is 0 Å². The molecule has 1 atom stereocenters. The predicted octanol–water partition coefficient (Wildman–Crippen LogP) is 6.39. The molecule has 4 aromatic rings. The topological polar surface area (TPSA) is 44.1 Å². The maximum atomic E-state index is 13.8. The summed E-state index contributed by atoms with van der Waals surface area (Å²) in [6, 6.07) is 18.5. The molecule has 0 spiro atoms. The molecule has 1 saturated heterocycles. The van der Waals surface area contributed by atoms with Crippen LogP contribution in [-0.4, -0.2) is 28.0 Å². The predicted molar refractivity (Wildman–Crippen MR) is 134 cm³/mol. The zero-order valence-corrected chi connectivity index (χ0v) is 20.0. The molecule has 1 fully saturated rings. The lowest BCUT2D eigenvalue weighted by Crippen LogP contribution is -2.24. The molecular weight excluding hydrogens is 436 g/mol. The number of nitrogens with zero attached hydrogens (tertiary/aromatic N) is 2. The van der Waals surface area contributed by atoms with Crippen molar-refractivity contribution in [3.8, 4) is 16.1 Å². The molecule has 164 valence electrons. The zero-order chi connectivity index (χ0) is 22.1. The van der Waals surface area contributed by atoms with Crippen molar-refractivity contribution in [2.75, 3.05) is 12.4 Å². The van der Waals surface area contributed by atoms with Gasteiger partial charge in [-0.1, -0.05) is 54.2 Å². The Morgan fingerprint density at radius 2 is 1.97 bits per heavy atom. The molecule has 0 aliphatic carbocycles. The first-order valence-electron chi connectivity index (χ1n) is 11.0. The number of hydrogen-bond acceptors (Lipinski definition) is 5. The summed E-state index contributed by atoms with van der Waals surface area (Å²) in [7, 11) is 0. The molecule has 2 aromatic carbocycles. The number of thioether (sulfide) groups is 1. The lowest BCUT2D eigenvalue weighted by molar-refractivity contribution is 0.0315. The summed E-state index contributed by atoms with van der Waals surface area (Å²) in [6.45, 7) is 4.93. The van der Waals surface area contributed by atoms with Gasteiger partial charge in [-0.3, -0.25) is 9.36 Å². The highest BCUT2D eigenvalue weighted by molar-refractivity contribution is 7.99. The highest BCUT2D eigenvalue weighted by Crippen LogP contribution is 2.33. The number of ether oxygens (including phenoxy) is 1. The van der Waals surface area contributed by atoms with Gasteiger partial charge < -0.3 is 4.74 Å².